The van der Waals surface area contributed by atoms with E-state index in [1.165, 1.54) is 0 Å². The minimum atomic E-state index is -0.137. The number of nitrogens with one attached hydrogen (secondary N) is 1. The number of H-pyrrole nitrogens is 1. The molecule has 0 amide bonds. The largest absolute Gasteiger partial charge is 0.333 e. The Hall–Kier alpha value is -2.48. The number of rotatable bonds is 2. The quantitative estimate of drug-likeness (QED) is 0.709. The Balaban J connectivity index is 1.63. The number of aromatic nitrogens is 6. The average Bonchev–Trinajstić information content (AvgIpc) is 3.06. The molecular weight excluding hydrogens is 270 g/mol. The van der Waals surface area contributed by atoms with Crippen LogP contribution in [0.5, 0.6) is 0 Å². The molecule has 3 aromatic heterocycles. The second-order valence-electron chi connectivity index (χ2n) is 5.27. The molecule has 108 valence electrons. The zero-order valence-corrected chi connectivity index (χ0v) is 11.7. The van der Waals surface area contributed by atoms with Crippen LogP contribution in [0, 0.1) is 0 Å². The maximum Gasteiger partial charge on any atom is 0.262 e. The van der Waals surface area contributed by atoms with Gasteiger partial charge in [0.25, 0.3) is 5.56 Å². The van der Waals surface area contributed by atoms with Gasteiger partial charge in [-0.3, -0.25) is 14.4 Å². The van der Waals surface area contributed by atoms with E-state index in [1.54, 1.807) is 17.9 Å². The molecule has 0 bridgehead atoms. The first kappa shape index (κ1) is 12.3. The van der Waals surface area contributed by atoms with Crippen LogP contribution in [-0.2, 0) is 26.7 Å². The SMILES string of the molecule is Cn1ncc2c(=O)[nH]c(CN3CCn4ccnc4C3)nc21. The summed E-state index contributed by atoms with van der Waals surface area (Å²) in [5.74, 6) is 1.71. The van der Waals surface area contributed by atoms with Crippen LogP contribution in [0.2, 0.25) is 0 Å². The van der Waals surface area contributed by atoms with Crippen molar-refractivity contribution in [2.75, 3.05) is 6.54 Å². The van der Waals surface area contributed by atoms with Crippen molar-refractivity contribution >= 4 is 11.0 Å². The maximum atomic E-state index is 12.0. The molecule has 1 aliphatic heterocycles. The van der Waals surface area contributed by atoms with E-state index in [1.807, 2.05) is 12.4 Å². The first-order valence-electron chi connectivity index (χ1n) is 6.84. The Bertz CT molecular complexity index is 859. The van der Waals surface area contributed by atoms with Crippen LogP contribution in [0.3, 0.4) is 0 Å². The molecule has 0 unspecified atom stereocenters. The van der Waals surface area contributed by atoms with E-state index in [4.69, 9.17) is 0 Å². The molecule has 4 heterocycles. The zero-order chi connectivity index (χ0) is 14.4. The van der Waals surface area contributed by atoms with Gasteiger partial charge in [0, 0.05) is 32.5 Å². The van der Waals surface area contributed by atoms with Crippen molar-refractivity contribution < 1.29 is 0 Å². The number of fused-ring (bicyclic) bond motifs is 2. The number of hydrogen-bond donors (Lipinski definition) is 1. The summed E-state index contributed by atoms with van der Waals surface area (Å²) in [6, 6.07) is 0. The first-order valence-corrected chi connectivity index (χ1v) is 6.84. The molecule has 0 saturated heterocycles. The molecule has 1 aliphatic rings. The van der Waals surface area contributed by atoms with Crippen molar-refractivity contribution in [3.05, 3.63) is 40.6 Å². The second-order valence-corrected chi connectivity index (χ2v) is 5.27. The third-order valence-corrected chi connectivity index (χ3v) is 3.85. The summed E-state index contributed by atoms with van der Waals surface area (Å²) >= 11 is 0. The lowest BCUT2D eigenvalue weighted by Crippen LogP contribution is -2.34. The molecule has 1 N–H and O–H groups in total. The van der Waals surface area contributed by atoms with Crippen LogP contribution in [-0.4, -0.2) is 40.7 Å². The van der Waals surface area contributed by atoms with Gasteiger partial charge in [0.15, 0.2) is 5.65 Å². The third-order valence-electron chi connectivity index (χ3n) is 3.85. The van der Waals surface area contributed by atoms with E-state index in [0.717, 1.165) is 25.5 Å². The molecule has 0 atom stereocenters. The number of aryl methyl sites for hydroxylation is 1. The van der Waals surface area contributed by atoms with Gasteiger partial charge in [-0.2, -0.15) is 5.10 Å². The van der Waals surface area contributed by atoms with E-state index >= 15 is 0 Å². The van der Waals surface area contributed by atoms with Gasteiger partial charge >= 0.3 is 0 Å². The molecule has 4 rings (SSSR count). The van der Waals surface area contributed by atoms with Crippen LogP contribution in [0.1, 0.15) is 11.6 Å². The highest BCUT2D eigenvalue weighted by molar-refractivity contribution is 5.72. The van der Waals surface area contributed by atoms with Crippen LogP contribution < -0.4 is 5.56 Å². The molecule has 0 radical (unpaired) electrons. The summed E-state index contributed by atoms with van der Waals surface area (Å²) in [6.45, 7) is 3.19. The molecule has 0 aliphatic carbocycles. The van der Waals surface area contributed by atoms with Crippen molar-refractivity contribution in [1.29, 1.82) is 0 Å². The maximum absolute atomic E-state index is 12.0. The van der Waals surface area contributed by atoms with Gasteiger partial charge in [-0.05, 0) is 0 Å². The van der Waals surface area contributed by atoms with Crippen molar-refractivity contribution in [2.24, 2.45) is 7.05 Å². The average molecular weight is 285 g/mol. The molecule has 3 aromatic rings. The highest BCUT2D eigenvalue weighted by Crippen LogP contribution is 2.12. The molecule has 0 fully saturated rings. The van der Waals surface area contributed by atoms with E-state index in [-0.39, 0.29) is 5.56 Å². The van der Waals surface area contributed by atoms with E-state index < -0.39 is 0 Å². The topological polar surface area (TPSA) is 84.6 Å². The Morgan fingerprint density at radius 2 is 2.29 bits per heavy atom. The summed E-state index contributed by atoms with van der Waals surface area (Å²) in [4.78, 5) is 25.9. The summed E-state index contributed by atoms with van der Waals surface area (Å²) in [6.07, 6.45) is 5.36. The molecule has 0 aromatic carbocycles. The van der Waals surface area contributed by atoms with Gasteiger partial charge in [0.2, 0.25) is 0 Å². The van der Waals surface area contributed by atoms with Crippen LogP contribution in [0.4, 0.5) is 0 Å². The summed E-state index contributed by atoms with van der Waals surface area (Å²) < 4.78 is 3.77. The smallest absolute Gasteiger partial charge is 0.262 e. The van der Waals surface area contributed by atoms with E-state index in [9.17, 15) is 4.79 Å². The number of nitrogens with zero attached hydrogens (tertiary/aromatic N) is 6. The third kappa shape index (κ3) is 2.04. The van der Waals surface area contributed by atoms with E-state index in [0.29, 0.717) is 23.4 Å². The van der Waals surface area contributed by atoms with Crippen molar-refractivity contribution in [3.8, 4) is 0 Å². The Morgan fingerprint density at radius 3 is 3.19 bits per heavy atom. The molecule has 8 heteroatoms. The molecule has 0 spiro atoms. The minimum absolute atomic E-state index is 0.137. The highest BCUT2D eigenvalue weighted by Gasteiger charge is 2.18. The Kier molecular flexibility index (Phi) is 2.64. The predicted octanol–water partition coefficient (Wildman–Crippen LogP) is -0.131. The van der Waals surface area contributed by atoms with Gasteiger partial charge in [0.05, 0.1) is 19.3 Å². The summed E-state index contributed by atoms with van der Waals surface area (Å²) in [5.41, 5.74) is 0.480. The van der Waals surface area contributed by atoms with Gasteiger partial charge in [0.1, 0.15) is 17.0 Å². The van der Waals surface area contributed by atoms with Gasteiger partial charge < -0.3 is 9.55 Å². The van der Waals surface area contributed by atoms with E-state index in [2.05, 4.69) is 29.5 Å². The monoisotopic (exact) mass is 285 g/mol. The predicted molar refractivity (Wildman–Crippen MR) is 75.5 cm³/mol. The van der Waals surface area contributed by atoms with Crippen LogP contribution >= 0.6 is 0 Å². The Labute approximate surface area is 120 Å². The Morgan fingerprint density at radius 1 is 1.38 bits per heavy atom. The molecule has 0 saturated carbocycles. The zero-order valence-electron chi connectivity index (χ0n) is 11.7. The summed E-state index contributed by atoms with van der Waals surface area (Å²) in [5, 5.41) is 4.60. The van der Waals surface area contributed by atoms with Gasteiger partial charge in [-0.25, -0.2) is 9.97 Å². The normalized spacial score (nSPS) is 15.5. The standard InChI is InChI=1S/C13H15N7O/c1-18-12-9(6-15-18)13(21)17-10(16-12)7-19-4-5-20-3-2-14-11(20)8-19/h2-3,6H,4-5,7-8H2,1H3,(H,16,17,21). The van der Waals surface area contributed by atoms with Crippen molar-refractivity contribution in [1.82, 2.24) is 34.2 Å². The number of hydrogen-bond acceptors (Lipinski definition) is 5. The molecule has 8 nitrogen and oxygen atoms in total. The lowest BCUT2D eigenvalue weighted by molar-refractivity contribution is 0.204. The minimum Gasteiger partial charge on any atom is -0.333 e. The number of aromatic amines is 1. The lowest BCUT2D eigenvalue weighted by Gasteiger charge is -2.26. The van der Waals surface area contributed by atoms with Crippen molar-refractivity contribution in [2.45, 2.75) is 19.6 Å². The van der Waals surface area contributed by atoms with Crippen LogP contribution in [0.15, 0.2) is 23.4 Å². The fourth-order valence-electron chi connectivity index (χ4n) is 2.72. The second kappa shape index (κ2) is 4.52. The fourth-order valence-corrected chi connectivity index (χ4v) is 2.72. The number of imidazole rings is 1. The highest BCUT2D eigenvalue weighted by atomic mass is 16.1. The van der Waals surface area contributed by atoms with Crippen molar-refractivity contribution in [3.63, 3.8) is 0 Å². The molecular formula is C13H15N7O. The molecule has 21 heavy (non-hydrogen) atoms. The first-order chi connectivity index (χ1) is 10.2. The lowest BCUT2D eigenvalue weighted by atomic mass is 10.3. The van der Waals surface area contributed by atoms with Crippen LogP contribution in [0.25, 0.3) is 11.0 Å². The van der Waals surface area contributed by atoms with Gasteiger partial charge in [-0.1, -0.05) is 0 Å². The summed E-state index contributed by atoms with van der Waals surface area (Å²) in [7, 11) is 1.79. The fraction of sp³-hybridized carbons (Fsp3) is 0.385. The van der Waals surface area contributed by atoms with Gasteiger partial charge in [-0.15, -0.1) is 0 Å².